The summed E-state index contributed by atoms with van der Waals surface area (Å²) in [5.41, 5.74) is 5.04. The highest BCUT2D eigenvalue weighted by Gasteiger charge is 2.20. The van der Waals surface area contributed by atoms with Crippen molar-refractivity contribution in [2.45, 2.75) is 6.42 Å². The lowest BCUT2D eigenvalue weighted by Crippen LogP contribution is -2.03. The van der Waals surface area contributed by atoms with Gasteiger partial charge < -0.3 is 5.32 Å². The Balaban J connectivity index is 1.48. The molecule has 3 aromatic carbocycles. The molecule has 1 aliphatic heterocycles. The van der Waals surface area contributed by atoms with Gasteiger partial charge in [0.25, 0.3) is 0 Å². The number of anilines is 1. The Bertz CT molecular complexity index is 1240. The number of carbonyl (C=O) groups excluding carboxylic acids is 1. The van der Waals surface area contributed by atoms with Crippen molar-refractivity contribution in [1.29, 1.82) is 0 Å². The largest absolute Gasteiger partial charge is 0.325 e. The van der Waals surface area contributed by atoms with Crippen LogP contribution in [0.3, 0.4) is 0 Å². The van der Waals surface area contributed by atoms with E-state index in [1.165, 1.54) is 12.4 Å². The molecule has 0 unspecified atom stereocenters. The van der Waals surface area contributed by atoms with Gasteiger partial charge in [-0.1, -0.05) is 35.9 Å². The first kappa shape index (κ1) is 17.6. The number of nitrogens with one attached hydrogen (secondary N) is 1. The Morgan fingerprint density at radius 1 is 1.00 bits per heavy atom. The van der Waals surface area contributed by atoms with E-state index in [1.54, 1.807) is 23.1 Å². The molecule has 0 saturated heterocycles. The number of amides is 1. The van der Waals surface area contributed by atoms with Crippen LogP contribution in [0.15, 0.2) is 67.3 Å². The lowest BCUT2D eigenvalue weighted by Gasteiger charge is -2.11. The van der Waals surface area contributed by atoms with E-state index in [-0.39, 0.29) is 11.7 Å². The van der Waals surface area contributed by atoms with E-state index in [4.69, 9.17) is 11.6 Å². The van der Waals surface area contributed by atoms with E-state index in [0.717, 1.165) is 16.8 Å². The van der Waals surface area contributed by atoms with Gasteiger partial charge in [0.1, 0.15) is 18.5 Å². The van der Waals surface area contributed by atoms with Gasteiger partial charge >= 0.3 is 0 Å². The number of hydrogen-bond acceptors (Lipinski definition) is 3. The quantitative estimate of drug-likeness (QED) is 0.529. The average Bonchev–Trinajstić information content (AvgIpc) is 3.36. The van der Waals surface area contributed by atoms with E-state index < -0.39 is 0 Å². The van der Waals surface area contributed by atoms with Gasteiger partial charge in [0.15, 0.2) is 0 Å². The van der Waals surface area contributed by atoms with Crippen molar-refractivity contribution in [3.63, 3.8) is 0 Å². The maximum atomic E-state index is 14.9. The molecule has 1 aliphatic rings. The summed E-state index contributed by atoms with van der Waals surface area (Å²) in [7, 11) is 0. The Hall–Kier alpha value is -3.51. The van der Waals surface area contributed by atoms with Crippen LogP contribution < -0.4 is 5.32 Å². The first-order chi connectivity index (χ1) is 14.1. The molecule has 7 heteroatoms. The molecule has 4 aromatic rings. The average molecular weight is 405 g/mol. The first-order valence-electron chi connectivity index (χ1n) is 8.96. The summed E-state index contributed by atoms with van der Waals surface area (Å²) in [5.74, 6) is -0.411. The maximum absolute atomic E-state index is 14.9. The normalized spacial score (nSPS) is 12.7. The highest BCUT2D eigenvalue weighted by atomic mass is 35.5. The molecule has 1 N–H and O–H groups in total. The summed E-state index contributed by atoms with van der Waals surface area (Å²) in [6.07, 6.45) is 3.37. The number of fused-ring (bicyclic) bond motifs is 1. The lowest BCUT2D eigenvalue weighted by molar-refractivity contribution is -0.115. The van der Waals surface area contributed by atoms with Crippen molar-refractivity contribution in [3.8, 4) is 27.9 Å². The van der Waals surface area contributed by atoms with E-state index in [0.29, 0.717) is 33.8 Å². The van der Waals surface area contributed by atoms with Gasteiger partial charge in [0.05, 0.1) is 17.1 Å². The second-order valence-electron chi connectivity index (χ2n) is 6.80. The molecule has 0 bridgehead atoms. The number of nitrogens with zero attached hydrogens (tertiary/aromatic N) is 3. The van der Waals surface area contributed by atoms with Crippen LogP contribution in [-0.4, -0.2) is 20.7 Å². The predicted octanol–water partition coefficient (Wildman–Crippen LogP) is 4.89. The third kappa shape index (κ3) is 3.17. The minimum Gasteiger partial charge on any atom is -0.325 e. The van der Waals surface area contributed by atoms with Gasteiger partial charge in [0, 0.05) is 16.8 Å². The standard InChI is InChI=1S/C22H14ClFN4O/c23-19-10-21-15(9-22(29)27-21)7-18(19)14-3-6-17(20(24)8-14)13-1-4-16(5-2-13)28-12-25-11-26-28/h1-8,10-12H,9H2,(H,27,29). The molecule has 0 aliphatic carbocycles. The molecule has 1 amide bonds. The second-order valence-corrected chi connectivity index (χ2v) is 7.20. The SMILES string of the molecule is O=C1Cc2cc(-c3ccc(-c4ccc(-n5cncn5)cc4)c(F)c3)c(Cl)cc2N1. The van der Waals surface area contributed by atoms with Crippen molar-refractivity contribution >= 4 is 23.2 Å². The molecule has 5 nitrogen and oxygen atoms in total. The van der Waals surface area contributed by atoms with Crippen LogP contribution in [0.25, 0.3) is 27.9 Å². The monoisotopic (exact) mass is 404 g/mol. The van der Waals surface area contributed by atoms with E-state index in [9.17, 15) is 9.18 Å². The smallest absolute Gasteiger partial charge is 0.228 e. The van der Waals surface area contributed by atoms with Crippen molar-refractivity contribution < 1.29 is 9.18 Å². The second kappa shape index (κ2) is 6.83. The van der Waals surface area contributed by atoms with Gasteiger partial charge in [-0.25, -0.2) is 14.1 Å². The van der Waals surface area contributed by atoms with Crippen LogP contribution in [0.1, 0.15) is 5.56 Å². The molecular formula is C22H14ClFN4O. The zero-order valence-corrected chi connectivity index (χ0v) is 15.8. The Morgan fingerprint density at radius 3 is 2.52 bits per heavy atom. The molecule has 29 heavy (non-hydrogen) atoms. The topological polar surface area (TPSA) is 59.8 Å². The predicted molar refractivity (Wildman–Crippen MR) is 110 cm³/mol. The van der Waals surface area contributed by atoms with Crippen LogP contribution in [0.2, 0.25) is 5.02 Å². The van der Waals surface area contributed by atoms with E-state index in [2.05, 4.69) is 15.4 Å². The summed E-state index contributed by atoms with van der Waals surface area (Å²) in [4.78, 5) is 15.5. The van der Waals surface area contributed by atoms with Crippen LogP contribution in [0.4, 0.5) is 10.1 Å². The minimum atomic E-state index is -0.346. The fourth-order valence-electron chi connectivity index (χ4n) is 3.52. The number of carbonyl (C=O) groups is 1. The van der Waals surface area contributed by atoms with Crippen molar-refractivity contribution in [1.82, 2.24) is 14.8 Å². The highest BCUT2D eigenvalue weighted by Crippen LogP contribution is 2.37. The Morgan fingerprint density at radius 2 is 1.79 bits per heavy atom. The van der Waals surface area contributed by atoms with Crippen molar-refractivity contribution in [3.05, 3.63) is 83.7 Å². The van der Waals surface area contributed by atoms with Gasteiger partial charge in [0.2, 0.25) is 5.91 Å². The molecule has 0 saturated carbocycles. The summed E-state index contributed by atoms with van der Waals surface area (Å²) in [6, 6.07) is 16.0. The third-order valence-electron chi connectivity index (χ3n) is 4.96. The molecule has 0 spiro atoms. The molecule has 5 rings (SSSR count). The van der Waals surface area contributed by atoms with Crippen molar-refractivity contribution in [2.75, 3.05) is 5.32 Å². The number of hydrogen-bond donors (Lipinski definition) is 1. The fraction of sp³-hybridized carbons (Fsp3) is 0.0455. The van der Waals surface area contributed by atoms with Gasteiger partial charge in [-0.3, -0.25) is 4.79 Å². The fourth-order valence-corrected chi connectivity index (χ4v) is 3.79. The number of halogens is 2. The summed E-state index contributed by atoms with van der Waals surface area (Å²) in [5, 5.41) is 7.32. The van der Waals surface area contributed by atoms with Crippen LogP contribution >= 0.6 is 11.6 Å². The zero-order chi connectivity index (χ0) is 20.0. The van der Waals surface area contributed by atoms with Crippen LogP contribution in [0.5, 0.6) is 0 Å². The zero-order valence-electron chi connectivity index (χ0n) is 15.1. The number of rotatable bonds is 3. The van der Waals surface area contributed by atoms with E-state index >= 15 is 0 Å². The Kier molecular flexibility index (Phi) is 4.14. The van der Waals surface area contributed by atoms with Crippen LogP contribution in [-0.2, 0) is 11.2 Å². The highest BCUT2D eigenvalue weighted by molar-refractivity contribution is 6.34. The molecule has 2 heterocycles. The maximum Gasteiger partial charge on any atom is 0.228 e. The van der Waals surface area contributed by atoms with Crippen LogP contribution in [0, 0.1) is 5.82 Å². The summed E-state index contributed by atoms with van der Waals surface area (Å²) < 4.78 is 16.6. The third-order valence-corrected chi connectivity index (χ3v) is 5.27. The Labute approximate surface area is 170 Å². The molecule has 0 radical (unpaired) electrons. The van der Waals surface area contributed by atoms with Gasteiger partial charge in [-0.15, -0.1) is 0 Å². The molecule has 1 aromatic heterocycles. The molecule has 142 valence electrons. The molecule has 0 atom stereocenters. The lowest BCUT2D eigenvalue weighted by atomic mass is 9.97. The number of aromatic nitrogens is 3. The van der Waals surface area contributed by atoms with Gasteiger partial charge in [-0.2, -0.15) is 5.10 Å². The summed E-state index contributed by atoms with van der Waals surface area (Å²) in [6.45, 7) is 0. The first-order valence-corrected chi connectivity index (χ1v) is 9.34. The molecule has 0 fully saturated rings. The van der Waals surface area contributed by atoms with Crippen molar-refractivity contribution in [2.24, 2.45) is 0 Å². The summed E-state index contributed by atoms with van der Waals surface area (Å²) >= 11 is 6.38. The number of benzene rings is 3. The minimum absolute atomic E-state index is 0.0657. The van der Waals surface area contributed by atoms with E-state index in [1.807, 2.05) is 36.4 Å². The molecular weight excluding hydrogens is 391 g/mol. The van der Waals surface area contributed by atoms with Gasteiger partial charge in [-0.05, 0) is 47.0 Å².